The second-order valence-corrected chi connectivity index (χ2v) is 9.30. The Kier molecular flexibility index (Phi) is 7.96. The highest BCUT2D eigenvalue weighted by atomic mass is 16.5. The van der Waals surface area contributed by atoms with Crippen LogP contribution in [0, 0.1) is 0 Å². The Labute approximate surface area is 208 Å². The number of rotatable bonds is 10. The fourth-order valence-corrected chi connectivity index (χ4v) is 5.55. The van der Waals surface area contributed by atoms with Gasteiger partial charge in [-0.3, -0.25) is 9.59 Å². The maximum atomic E-state index is 13.8. The summed E-state index contributed by atoms with van der Waals surface area (Å²) in [5.41, 5.74) is 3.45. The van der Waals surface area contributed by atoms with E-state index in [2.05, 4.69) is 24.1 Å². The topological polar surface area (TPSA) is 71.1 Å². The Hall–Kier alpha value is -3.06. The fraction of sp³-hybridized carbons (Fsp3) is 0.500. The summed E-state index contributed by atoms with van der Waals surface area (Å²) >= 11 is 0. The molecule has 2 aliphatic rings. The minimum Gasteiger partial charge on any atom is -0.493 e. The molecule has 35 heavy (non-hydrogen) atoms. The van der Waals surface area contributed by atoms with E-state index in [1.807, 2.05) is 41.3 Å². The fourth-order valence-electron chi connectivity index (χ4n) is 5.55. The molecule has 0 saturated heterocycles. The van der Waals surface area contributed by atoms with E-state index in [-0.39, 0.29) is 17.9 Å². The van der Waals surface area contributed by atoms with Crippen LogP contribution in [0.2, 0.25) is 0 Å². The highest BCUT2D eigenvalue weighted by Gasteiger charge is 2.46. The minimum absolute atomic E-state index is 0.0212. The van der Waals surface area contributed by atoms with E-state index in [0.717, 1.165) is 49.2 Å². The molecule has 0 aliphatic carbocycles. The van der Waals surface area contributed by atoms with E-state index in [1.54, 1.807) is 14.2 Å². The van der Waals surface area contributed by atoms with Crippen molar-refractivity contribution in [1.82, 2.24) is 15.1 Å². The number of nitrogens with one attached hydrogen (secondary N) is 1. The van der Waals surface area contributed by atoms with Crippen LogP contribution in [0.3, 0.4) is 0 Å². The van der Waals surface area contributed by atoms with E-state index in [0.29, 0.717) is 36.6 Å². The number of nitrogens with zero attached hydrogens (tertiary/aromatic N) is 2. The van der Waals surface area contributed by atoms with Crippen LogP contribution in [0.1, 0.15) is 65.7 Å². The van der Waals surface area contributed by atoms with Crippen LogP contribution >= 0.6 is 0 Å². The first kappa shape index (κ1) is 25.0. The average Bonchev–Trinajstić information content (AvgIpc) is 2.88. The molecule has 2 atom stereocenters. The quantitative estimate of drug-likeness (QED) is 0.562. The molecule has 2 amide bonds. The molecule has 0 saturated carbocycles. The van der Waals surface area contributed by atoms with Gasteiger partial charge >= 0.3 is 0 Å². The van der Waals surface area contributed by atoms with Crippen molar-refractivity contribution in [2.45, 2.75) is 45.1 Å². The lowest BCUT2D eigenvalue weighted by atomic mass is 9.75. The van der Waals surface area contributed by atoms with E-state index in [1.165, 1.54) is 0 Å². The predicted molar refractivity (Wildman–Crippen MR) is 136 cm³/mol. The molecule has 7 heteroatoms. The number of ether oxygens (including phenoxy) is 2. The van der Waals surface area contributed by atoms with Gasteiger partial charge in [0.15, 0.2) is 11.5 Å². The molecule has 0 aromatic heterocycles. The van der Waals surface area contributed by atoms with Crippen LogP contribution in [0.15, 0.2) is 36.4 Å². The molecule has 0 fully saturated rings. The van der Waals surface area contributed by atoms with Gasteiger partial charge in [-0.25, -0.2) is 0 Å². The zero-order valence-corrected chi connectivity index (χ0v) is 21.3. The number of benzene rings is 2. The maximum Gasteiger partial charge on any atom is 0.254 e. The average molecular weight is 480 g/mol. The van der Waals surface area contributed by atoms with Crippen molar-refractivity contribution >= 4 is 11.8 Å². The third kappa shape index (κ3) is 4.87. The standard InChI is InChI=1S/C28H37N3O4/c1-5-13-30(14-6-2)16-12-29-27(32)25-20-9-7-8-10-21(20)28(33)31-15-11-19-17-23(34-3)24(35-4)18-22(19)26(25)31/h7-10,17-18,25-26H,5-6,11-16H2,1-4H3,(H,29,32)/t25-,26-/m0/s1. The van der Waals surface area contributed by atoms with Crippen molar-refractivity contribution < 1.29 is 19.1 Å². The molecule has 188 valence electrons. The largest absolute Gasteiger partial charge is 0.493 e. The summed E-state index contributed by atoms with van der Waals surface area (Å²) in [6.45, 7) is 8.36. The molecule has 1 N–H and O–H groups in total. The first-order valence-electron chi connectivity index (χ1n) is 12.7. The molecule has 2 aromatic rings. The Morgan fingerprint density at radius 3 is 2.40 bits per heavy atom. The number of carbonyl (C=O) groups is 2. The van der Waals surface area contributed by atoms with Gasteiger partial charge in [-0.05, 0) is 67.2 Å². The predicted octanol–water partition coefficient (Wildman–Crippen LogP) is 3.78. The molecular weight excluding hydrogens is 442 g/mol. The summed E-state index contributed by atoms with van der Waals surface area (Å²) in [7, 11) is 3.23. The van der Waals surface area contributed by atoms with Crippen LogP contribution in [-0.2, 0) is 11.2 Å². The lowest BCUT2D eigenvalue weighted by Crippen LogP contribution is -2.50. The van der Waals surface area contributed by atoms with Gasteiger partial charge < -0.3 is 24.6 Å². The van der Waals surface area contributed by atoms with Gasteiger partial charge in [-0.15, -0.1) is 0 Å². The van der Waals surface area contributed by atoms with E-state index in [4.69, 9.17) is 9.47 Å². The van der Waals surface area contributed by atoms with Crippen LogP contribution < -0.4 is 14.8 Å². The third-order valence-electron chi connectivity index (χ3n) is 7.11. The summed E-state index contributed by atoms with van der Waals surface area (Å²) in [5.74, 6) is 0.707. The zero-order valence-electron chi connectivity index (χ0n) is 21.3. The van der Waals surface area contributed by atoms with Crippen molar-refractivity contribution in [2.24, 2.45) is 0 Å². The Balaban J connectivity index is 1.69. The second-order valence-electron chi connectivity index (χ2n) is 9.30. The highest BCUT2D eigenvalue weighted by molar-refractivity contribution is 6.01. The third-order valence-corrected chi connectivity index (χ3v) is 7.11. The normalized spacial score (nSPS) is 18.5. The van der Waals surface area contributed by atoms with Crippen LogP contribution in [-0.4, -0.2) is 68.6 Å². The zero-order chi connectivity index (χ0) is 24.9. The number of fused-ring (bicyclic) bond motifs is 4. The first-order chi connectivity index (χ1) is 17.0. The highest BCUT2D eigenvalue weighted by Crippen LogP contribution is 2.48. The van der Waals surface area contributed by atoms with Crippen LogP contribution in [0.25, 0.3) is 0 Å². The number of carbonyl (C=O) groups excluding carboxylic acids is 2. The Morgan fingerprint density at radius 2 is 1.71 bits per heavy atom. The Morgan fingerprint density at radius 1 is 1.03 bits per heavy atom. The molecule has 2 heterocycles. The summed E-state index contributed by atoms with van der Waals surface area (Å²) in [4.78, 5) is 31.5. The summed E-state index contributed by atoms with van der Waals surface area (Å²) in [6, 6.07) is 11.1. The summed E-state index contributed by atoms with van der Waals surface area (Å²) in [5, 5.41) is 3.20. The molecular formula is C28H37N3O4. The van der Waals surface area contributed by atoms with Gasteiger partial charge in [0, 0.05) is 25.2 Å². The molecule has 0 spiro atoms. The first-order valence-corrected chi connectivity index (χ1v) is 12.7. The van der Waals surface area contributed by atoms with Crippen molar-refractivity contribution in [1.29, 1.82) is 0 Å². The van der Waals surface area contributed by atoms with Crippen molar-refractivity contribution in [2.75, 3.05) is 46.9 Å². The number of amides is 2. The van der Waals surface area contributed by atoms with Crippen molar-refractivity contribution in [3.8, 4) is 11.5 Å². The molecule has 0 radical (unpaired) electrons. The molecule has 0 bridgehead atoms. The number of methoxy groups -OCH3 is 2. The van der Waals surface area contributed by atoms with Crippen molar-refractivity contribution in [3.63, 3.8) is 0 Å². The minimum atomic E-state index is -0.494. The molecule has 2 aliphatic heterocycles. The number of hydrogen-bond acceptors (Lipinski definition) is 5. The lowest BCUT2D eigenvalue weighted by molar-refractivity contribution is -0.124. The van der Waals surface area contributed by atoms with Gasteiger partial charge in [0.1, 0.15) is 0 Å². The van der Waals surface area contributed by atoms with E-state index < -0.39 is 5.92 Å². The van der Waals surface area contributed by atoms with Crippen molar-refractivity contribution in [3.05, 3.63) is 58.7 Å². The monoisotopic (exact) mass is 479 g/mol. The van der Waals surface area contributed by atoms with Crippen LogP contribution in [0.4, 0.5) is 0 Å². The smallest absolute Gasteiger partial charge is 0.254 e. The number of hydrogen-bond donors (Lipinski definition) is 1. The summed E-state index contributed by atoms with van der Waals surface area (Å²) < 4.78 is 11.1. The molecule has 7 nitrogen and oxygen atoms in total. The second kappa shape index (κ2) is 11.1. The van der Waals surface area contributed by atoms with Gasteiger partial charge in [-0.1, -0.05) is 32.0 Å². The van der Waals surface area contributed by atoms with Crippen LogP contribution in [0.5, 0.6) is 11.5 Å². The summed E-state index contributed by atoms with van der Waals surface area (Å²) in [6.07, 6.45) is 2.88. The SMILES string of the molecule is CCCN(CCC)CCNC(=O)[C@H]1c2ccccc2C(=O)N2CCc3cc(OC)c(OC)cc3[C@@H]12. The van der Waals surface area contributed by atoms with Gasteiger partial charge in [0.2, 0.25) is 5.91 Å². The maximum absolute atomic E-state index is 13.8. The molecule has 2 aromatic carbocycles. The lowest BCUT2D eigenvalue weighted by Gasteiger charge is -2.45. The van der Waals surface area contributed by atoms with Gasteiger partial charge in [0.25, 0.3) is 5.91 Å². The van der Waals surface area contributed by atoms with E-state index >= 15 is 0 Å². The van der Waals surface area contributed by atoms with E-state index in [9.17, 15) is 9.59 Å². The van der Waals surface area contributed by atoms with Gasteiger partial charge in [-0.2, -0.15) is 0 Å². The van der Waals surface area contributed by atoms with Gasteiger partial charge in [0.05, 0.1) is 26.2 Å². The Bertz CT molecular complexity index is 1060. The molecule has 0 unspecified atom stereocenters. The molecule has 4 rings (SSSR count).